The number of carbonyl (C=O) groups excluding carboxylic acids is 2. The third kappa shape index (κ3) is 2.86. The quantitative estimate of drug-likeness (QED) is 0.887. The average molecular weight is 341 g/mol. The van der Waals surface area contributed by atoms with Crippen LogP contribution in [0.4, 0.5) is 4.79 Å². The minimum absolute atomic E-state index is 0.0511. The molecule has 2 heterocycles. The molecule has 1 unspecified atom stereocenters. The van der Waals surface area contributed by atoms with Crippen molar-refractivity contribution in [2.24, 2.45) is 0 Å². The fraction of sp³-hybridized carbons (Fsp3) is 0.474. The maximum atomic E-state index is 13.1. The summed E-state index contributed by atoms with van der Waals surface area (Å²) < 4.78 is 5.19. The Morgan fingerprint density at radius 2 is 1.80 bits per heavy atom. The first-order valence-electron chi connectivity index (χ1n) is 8.93. The summed E-state index contributed by atoms with van der Waals surface area (Å²) in [5, 5.41) is 5.74. The summed E-state index contributed by atoms with van der Waals surface area (Å²) >= 11 is 0. The van der Waals surface area contributed by atoms with Crippen molar-refractivity contribution in [3.63, 3.8) is 0 Å². The smallest absolute Gasteiger partial charge is 0.319 e. The number of benzene rings is 1. The van der Waals surface area contributed by atoms with Crippen LogP contribution in [0.15, 0.2) is 35.5 Å². The Morgan fingerprint density at radius 1 is 1.08 bits per heavy atom. The fourth-order valence-corrected chi connectivity index (χ4v) is 4.13. The summed E-state index contributed by atoms with van der Waals surface area (Å²) in [5.41, 5.74) is 2.32. The van der Waals surface area contributed by atoms with Gasteiger partial charge in [-0.05, 0) is 30.5 Å². The van der Waals surface area contributed by atoms with Crippen molar-refractivity contribution in [3.05, 3.63) is 41.1 Å². The van der Waals surface area contributed by atoms with Crippen LogP contribution in [0.1, 0.15) is 43.7 Å². The fourth-order valence-electron chi connectivity index (χ4n) is 4.13. The molecule has 0 aromatic heterocycles. The topological polar surface area (TPSA) is 70.7 Å². The number of urea groups is 1. The van der Waals surface area contributed by atoms with Gasteiger partial charge in [-0.3, -0.25) is 4.79 Å². The van der Waals surface area contributed by atoms with Crippen molar-refractivity contribution < 1.29 is 14.3 Å². The first kappa shape index (κ1) is 16.0. The second kappa shape index (κ2) is 6.43. The molecule has 3 aliphatic rings. The second-order valence-electron chi connectivity index (χ2n) is 6.92. The molecule has 0 radical (unpaired) electrons. The third-order valence-corrected chi connectivity index (χ3v) is 5.44. The van der Waals surface area contributed by atoms with E-state index < -0.39 is 6.04 Å². The number of rotatable bonds is 3. The van der Waals surface area contributed by atoms with Crippen LogP contribution in [0, 0.1) is 0 Å². The van der Waals surface area contributed by atoms with Gasteiger partial charge in [0, 0.05) is 6.04 Å². The summed E-state index contributed by atoms with van der Waals surface area (Å²) in [5.74, 6) is 0.801. The van der Waals surface area contributed by atoms with Crippen LogP contribution in [-0.2, 0) is 4.79 Å². The Hall–Kier alpha value is -2.50. The molecule has 1 atom stereocenters. The van der Waals surface area contributed by atoms with Gasteiger partial charge in [-0.15, -0.1) is 0 Å². The van der Waals surface area contributed by atoms with Crippen LogP contribution in [0.3, 0.4) is 0 Å². The largest absolute Gasteiger partial charge is 0.497 e. The van der Waals surface area contributed by atoms with E-state index in [1.54, 1.807) is 7.11 Å². The summed E-state index contributed by atoms with van der Waals surface area (Å²) in [6.45, 7) is 0.513. The van der Waals surface area contributed by atoms with E-state index in [9.17, 15) is 9.59 Å². The van der Waals surface area contributed by atoms with E-state index in [-0.39, 0.29) is 11.9 Å². The SMILES string of the molecule is COc1ccc(C2NC(=O)NC3=C2C(=O)N(C2CCCCC2)C3)cc1. The van der Waals surface area contributed by atoms with E-state index in [4.69, 9.17) is 4.74 Å². The monoisotopic (exact) mass is 341 g/mol. The Labute approximate surface area is 147 Å². The number of ether oxygens (including phenoxy) is 1. The molecule has 4 rings (SSSR count). The van der Waals surface area contributed by atoms with Gasteiger partial charge in [-0.1, -0.05) is 31.4 Å². The highest BCUT2D eigenvalue weighted by molar-refractivity contribution is 6.01. The first-order chi connectivity index (χ1) is 12.2. The number of nitrogens with one attached hydrogen (secondary N) is 2. The van der Waals surface area contributed by atoms with Gasteiger partial charge < -0.3 is 20.3 Å². The van der Waals surface area contributed by atoms with E-state index in [0.29, 0.717) is 18.2 Å². The molecule has 1 aromatic rings. The molecule has 1 saturated carbocycles. The highest BCUT2D eigenvalue weighted by Crippen LogP contribution is 2.36. The lowest BCUT2D eigenvalue weighted by Gasteiger charge is -2.31. The number of amides is 3. The van der Waals surface area contributed by atoms with E-state index in [1.807, 2.05) is 29.2 Å². The molecular formula is C19H23N3O3. The van der Waals surface area contributed by atoms with Crippen molar-refractivity contribution in [1.29, 1.82) is 0 Å². The number of methoxy groups -OCH3 is 1. The van der Waals surface area contributed by atoms with Crippen molar-refractivity contribution in [2.75, 3.05) is 13.7 Å². The van der Waals surface area contributed by atoms with Gasteiger partial charge >= 0.3 is 6.03 Å². The van der Waals surface area contributed by atoms with Gasteiger partial charge in [0.05, 0.1) is 31.0 Å². The lowest BCUT2D eigenvalue weighted by atomic mass is 9.93. The number of carbonyl (C=O) groups is 2. The molecule has 0 bridgehead atoms. The van der Waals surface area contributed by atoms with E-state index in [1.165, 1.54) is 19.3 Å². The molecule has 6 nitrogen and oxygen atoms in total. The minimum atomic E-state index is -0.407. The predicted molar refractivity (Wildman–Crippen MR) is 93.0 cm³/mol. The van der Waals surface area contributed by atoms with Crippen LogP contribution in [0.2, 0.25) is 0 Å². The third-order valence-electron chi connectivity index (χ3n) is 5.44. The lowest BCUT2D eigenvalue weighted by Crippen LogP contribution is -2.44. The van der Waals surface area contributed by atoms with Gasteiger partial charge in [0.25, 0.3) is 5.91 Å². The minimum Gasteiger partial charge on any atom is -0.497 e. The Balaban J connectivity index is 1.63. The van der Waals surface area contributed by atoms with Crippen LogP contribution in [0.5, 0.6) is 5.75 Å². The molecule has 0 saturated heterocycles. The molecule has 1 fully saturated rings. The molecule has 2 aliphatic heterocycles. The van der Waals surface area contributed by atoms with Crippen LogP contribution >= 0.6 is 0 Å². The number of hydrogen-bond acceptors (Lipinski definition) is 3. The summed E-state index contributed by atoms with van der Waals surface area (Å²) in [4.78, 5) is 27.1. The van der Waals surface area contributed by atoms with E-state index >= 15 is 0 Å². The van der Waals surface area contributed by atoms with E-state index in [0.717, 1.165) is 29.9 Å². The standard InChI is InChI=1S/C19H23N3O3/c1-25-14-9-7-12(8-10-14)17-16-15(20-19(24)21-17)11-22(18(16)23)13-5-3-2-4-6-13/h7-10,13,17H,2-6,11H2,1H3,(H2,20,21,24). The summed E-state index contributed by atoms with van der Waals surface area (Å²) in [7, 11) is 1.62. The van der Waals surface area contributed by atoms with Gasteiger partial charge in [-0.25, -0.2) is 4.79 Å². The molecule has 25 heavy (non-hydrogen) atoms. The van der Waals surface area contributed by atoms with Crippen LogP contribution in [0.25, 0.3) is 0 Å². The Kier molecular flexibility index (Phi) is 4.11. The van der Waals surface area contributed by atoms with Gasteiger partial charge in [0.2, 0.25) is 0 Å². The molecule has 6 heteroatoms. The van der Waals surface area contributed by atoms with Gasteiger partial charge in [0.1, 0.15) is 5.75 Å². The van der Waals surface area contributed by atoms with Crippen molar-refractivity contribution in [1.82, 2.24) is 15.5 Å². The maximum absolute atomic E-state index is 13.1. The average Bonchev–Trinajstić information content (AvgIpc) is 2.98. The van der Waals surface area contributed by atoms with E-state index in [2.05, 4.69) is 10.6 Å². The Morgan fingerprint density at radius 3 is 2.48 bits per heavy atom. The maximum Gasteiger partial charge on any atom is 0.319 e. The van der Waals surface area contributed by atoms with Crippen LogP contribution in [-0.4, -0.2) is 36.5 Å². The second-order valence-corrected chi connectivity index (χ2v) is 6.92. The molecule has 3 amide bonds. The van der Waals surface area contributed by atoms with Crippen LogP contribution < -0.4 is 15.4 Å². The normalized spacial score (nSPS) is 24.0. The summed E-state index contributed by atoms with van der Waals surface area (Å²) in [6.07, 6.45) is 5.71. The molecule has 1 aromatic carbocycles. The first-order valence-corrected chi connectivity index (χ1v) is 8.93. The lowest BCUT2D eigenvalue weighted by molar-refractivity contribution is -0.128. The number of hydrogen-bond donors (Lipinski definition) is 2. The zero-order valence-corrected chi connectivity index (χ0v) is 14.4. The zero-order valence-electron chi connectivity index (χ0n) is 14.4. The zero-order chi connectivity index (χ0) is 17.4. The number of nitrogens with zero attached hydrogens (tertiary/aromatic N) is 1. The van der Waals surface area contributed by atoms with Crippen molar-refractivity contribution in [3.8, 4) is 5.75 Å². The van der Waals surface area contributed by atoms with Gasteiger partial charge in [0.15, 0.2) is 0 Å². The molecule has 1 aliphatic carbocycles. The van der Waals surface area contributed by atoms with Gasteiger partial charge in [-0.2, -0.15) is 0 Å². The summed E-state index contributed by atoms with van der Waals surface area (Å²) in [6, 6.07) is 7.13. The predicted octanol–water partition coefficient (Wildman–Crippen LogP) is 2.48. The molecule has 132 valence electrons. The molecular weight excluding hydrogens is 318 g/mol. The molecule has 0 spiro atoms. The highest BCUT2D eigenvalue weighted by Gasteiger charge is 2.42. The Bertz CT molecular complexity index is 720. The molecule has 2 N–H and O–H groups in total. The highest BCUT2D eigenvalue weighted by atomic mass is 16.5. The van der Waals surface area contributed by atoms with Crippen molar-refractivity contribution in [2.45, 2.75) is 44.2 Å². The van der Waals surface area contributed by atoms with Crippen molar-refractivity contribution >= 4 is 11.9 Å².